The average molecular weight is 188 g/mol. The molecule has 12 heavy (non-hydrogen) atoms. The van der Waals surface area contributed by atoms with E-state index in [0.29, 0.717) is 5.75 Å². The van der Waals surface area contributed by atoms with Crippen molar-refractivity contribution < 1.29 is 14.6 Å². The Morgan fingerprint density at radius 3 is 2.83 bits per heavy atom. The zero-order chi connectivity index (χ0) is 9.14. The highest BCUT2D eigenvalue weighted by molar-refractivity contribution is 6.29. The number of rotatable bonds is 2. The minimum absolute atomic E-state index is 0.103. The summed E-state index contributed by atoms with van der Waals surface area (Å²) in [6, 6.07) is 2.74. The van der Waals surface area contributed by atoms with Gasteiger partial charge < -0.3 is 9.84 Å². The molecule has 0 amide bonds. The van der Waals surface area contributed by atoms with Crippen molar-refractivity contribution in [3.05, 3.63) is 23.0 Å². The number of hydrogen-bond donors (Lipinski definition) is 1. The van der Waals surface area contributed by atoms with E-state index in [1.54, 1.807) is 0 Å². The van der Waals surface area contributed by atoms with Crippen molar-refractivity contribution in [1.29, 1.82) is 0 Å². The number of carbonyl (C=O) groups is 1. The second-order valence-corrected chi connectivity index (χ2v) is 2.41. The van der Waals surface area contributed by atoms with Gasteiger partial charge in [0.05, 0.1) is 7.11 Å². The second-order valence-electron chi connectivity index (χ2n) is 2.02. The van der Waals surface area contributed by atoms with Crippen LogP contribution in [0.2, 0.25) is 5.15 Å². The molecule has 0 saturated carbocycles. The number of nitrogens with zero attached hydrogens (tertiary/aromatic N) is 1. The number of aromatic carboxylic acids is 1. The molecule has 1 N–H and O–H groups in total. The van der Waals surface area contributed by atoms with Gasteiger partial charge in [-0.25, -0.2) is 9.78 Å². The summed E-state index contributed by atoms with van der Waals surface area (Å²) in [5, 5.41) is 8.66. The molecule has 0 atom stereocenters. The Hall–Kier alpha value is -1.29. The van der Waals surface area contributed by atoms with Crippen LogP contribution in [0.5, 0.6) is 5.75 Å². The lowest BCUT2D eigenvalue weighted by atomic mass is 10.3. The molecule has 0 aliphatic carbocycles. The Bertz CT molecular complexity index is 314. The summed E-state index contributed by atoms with van der Waals surface area (Å²) in [5.74, 6) is -0.747. The van der Waals surface area contributed by atoms with Gasteiger partial charge in [0.2, 0.25) is 0 Å². The SMILES string of the molecule is COc1cc(Cl)nc(C(=O)O)c1. The smallest absolute Gasteiger partial charge is 0.354 e. The van der Waals surface area contributed by atoms with Crippen LogP contribution < -0.4 is 4.74 Å². The molecule has 0 saturated heterocycles. The fourth-order valence-electron chi connectivity index (χ4n) is 0.701. The van der Waals surface area contributed by atoms with Gasteiger partial charge in [0.15, 0.2) is 5.69 Å². The molecule has 0 spiro atoms. The first-order valence-corrected chi connectivity index (χ1v) is 3.46. The van der Waals surface area contributed by atoms with Crippen molar-refractivity contribution in [3.8, 4) is 5.75 Å². The number of halogens is 1. The summed E-state index contributed by atoms with van der Waals surface area (Å²) in [7, 11) is 1.43. The van der Waals surface area contributed by atoms with Crippen molar-refractivity contribution in [1.82, 2.24) is 4.98 Å². The lowest BCUT2D eigenvalue weighted by Gasteiger charge is -2.00. The molecule has 0 aliphatic rings. The topological polar surface area (TPSA) is 59.4 Å². The maximum atomic E-state index is 10.4. The highest BCUT2D eigenvalue weighted by Gasteiger charge is 2.07. The quantitative estimate of drug-likeness (QED) is 0.712. The predicted molar refractivity (Wildman–Crippen MR) is 42.8 cm³/mol. The van der Waals surface area contributed by atoms with Gasteiger partial charge in [0.25, 0.3) is 0 Å². The molecule has 0 bridgehead atoms. The minimum atomic E-state index is -1.13. The first kappa shape index (κ1) is 8.80. The maximum absolute atomic E-state index is 10.4. The van der Waals surface area contributed by atoms with Crippen molar-refractivity contribution >= 4 is 17.6 Å². The molecule has 1 aromatic rings. The molecular formula is C7H6ClNO3. The summed E-state index contributed by atoms with van der Waals surface area (Å²) in [6.07, 6.45) is 0. The van der Waals surface area contributed by atoms with Crippen LogP contribution in [0.1, 0.15) is 10.5 Å². The van der Waals surface area contributed by atoms with Crippen LogP contribution in [-0.4, -0.2) is 23.2 Å². The monoisotopic (exact) mass is 187 g/mol. The molecule has 0 fully saturated rings. The van der Waals surface area contributed by atoms with E-state index in [9.17, 15) is 4.79 Å². The highest BCUT2D eigenvalue weighted by Crippen LogP contribution is 2.16. The van der Waals surface area contributed by atoms with Crippen LogP contribution in [-0.2, 0) is 0 Å². The summed E-state index contributed by atoms with van der Waals surface area (Å²) >= 11 is 5.52. The van der Waals surface area contributed by atoms with Gasteiger partial charge >= 0.3 is 5.97 Å². The third-order valence-corrected chi connectivity index (χ3v) is 1.42. The number of carboxylic acid groups (broad SMARTS) is 1. The van der Waals surface area contributed by atoms with E-state index >= 15 is 0 Å². The number of hydrogen-bond acceptors (Lipinski definition) is 3. The molecule has 0 aliphatic heterocycles. The van der Waals surface area contributed by atoms with Crippen LogP contribution in [0.3, 0.4) is 0 Å². The Morgan fingerprint density at radius 1 is 1.67 bits per heavy atom. The predicted octanol–water partition coefficient (Wildman–Crippen LogP) is 1.44. The molecule has 5 heteroatoms. The zero-order valence-electron chi connectivity index (χ0n) is 6.24. The lowest BCUT2D eigenvalue weighted by molar-refractivity contribution is 0.0690. The normalized spacial score (nSPS) is 9.50. The molecule has 1 aromatic heterocycles. The highest BCUT2D eigenvalue weighted by atomic mass is 35.5. The number of carboxylic acids is 1. The standard InChI is InChI=1S/C7H6ClNO3/c1-12-4-2-5(7(10)11)9-6(8)3-4/h2-3H,1H3,(H,10,11). The first-order chi connectivity index (χ1) is 5.63. The van der Waals surface area contributed by atoms with Crippen LogP contribution in [0.15, 0.2) is 12.1 Å². The fourth-order valence-corrected chi connectivity index (χ4v) is 0.899. The second kappa shape index (κ2) is 3.40. The van der Waals surface area contributed by atoms with Gasteiger partial charge in [0, 0.05) is 12.1 Å². The van der Waals surface area contributed by atoms with E-state index in [1.807, 2.05) is 0 Å². The number of pyridine rings is 1. The molecule has 1 rings (SSSR count). The van der Waals surface area contributed by atoms with Crippen LogP contribution >= 0.6 is 11.6 Å². The van der Waals surface area contributed by atoms with Crippen molar-refractivity contribution in [3.63, 3.8) is 0 Å². The fraction of sp³-hybridized carbons (Fsp3) is 0.143. The van der Waals surface area contributed by atoms with Gasteiger partial charge in [0.1, 0.15) is 10.9 Å². The van der Waals surface area contributed by atoms with Gasteiger partial charge in [-0.05, 0) is 0 Å². The van der Waals surface area contributed by atoms with E-state index in [0.717, 1.165) is 0 Å². The zero-order valence-corrected chi connectivity index (χ0v) is 7.00. The largest absolute Gasteiger partial charge is 0.497 e. The summed E-state index contributed by atoms with van der Waals surface area (Å²) < 4.78 is 4.80. The molecule has 64 valence electrons. The van der Waals surface area contributed by atoms with Gasteiger partial charge in [-0.2, -0.15) is 0 Å². The molecule has 0 aromatic carbocycles. The van der Waals surface area contributed by atoms with E-state index in [1.165, 1.54) is 19.2 Å². The molecule has 0 radical (unpaired) electrons. The van der Waals surface area contributed by atoms with Gasteiger partial charge in [-0.1, -0.05) is 11.6 Å². The lowest BCUT2D eigenvalue weighted by Crippen LogP contribution is -2.00. The first-order valence-electron chi connectivity index (χ1n) is 3.08. The van der Waals surface area contributed by atoms with Gasteiger partial charge in [-0.3, -0.25) is 0 Å². The summed E-state index contributed by atoms with van der Waals surface area (Å²) in [4.78, 5) is 14.0. The summed E-state index contributed by atoms with van der Waals surface area (Å²) in [6.45, 7) is 0. The summed E-state index contributed by atoms with van der Waals surface area (Å²) in [5.41, 5.74) is -0.126. The molecule has 4 nitrogen and oxygen atoms in total. The van der Waals surface area contributed by atoms with Crippen molar-refractivity contribution in [2.75, 3.05) is 7.11 Å². The van der Waals surface area contributed by atoms with Crippen molar-refractivity contribution in [2.24, 2.45) is 0 Å². The Morgan fingerprint density at radius 2 is 2.33 bits per heavy atom. The van der Waals surface area contributed by atoms with E-state index in [4.69, 9.17) is 21.4 Å². The minimum Gasteiger partial charge on any atom is -0.497 e. The Labute approximate surface area is 73.8 Å². The van der Waals surface area contributed by atoms with Crippen LogP contribution in [0, 0.1) is 0 Å². The Balaban J connectivity index is 3.15. The average Bonchev–Trinajstić information content (AvgIpc) is 2.03. The number of methoxy groups -OCH3 is 1. The van der Waals surface area contributed by atoms with Gasteiger partial charge in [-0.15, -0.1) is 0 Å². The Kier molecular flexibility index (Phi) is 2.50. The third kappa shape index (κ3) is 1.85. The molecule has 1 heterocycles. The molecular weight excluding hydrogens is 182 g/mol. The van der Waals surface area contributed by atoms with E-state index in [2.05, 4.69) is 4.98 Å². The number of ether oxygens (including phenoxy) is 1. The van der Waals surface area contributed by atoms with Crippen molar-refractivity contribution in [2.45, 2.75) is 0 Å². The maximum Gasteiger partial charge on any atom is 0.354 e. The van der Waals surface area contributed by atoms with Crippen LogP contribution in [0.25, 0.3) is 0 Å². The van der Waals surface area contributed by atoms with E-state index in [-0.39, 0.29) is 10.8 Å². The van der Waals surface area contributed by atoms with E-state index < -0.39 is 5.97 Å². The third-order valence-electron chi connectivity index (χ3n) is 1.22. The van der Waals surface area contributed by atoms with Crippen LogP contribution in [0.4, 0.5) is 0 Å². The molecule has 0 unspecified atom stereocenters. The number of aromatic nitrogens is 1.